The van der Waals surface area contributed by atoms with Crippen molar-refractivity contribution in [2.24, 2.45) is 0 Å². The Morgan fingerprint density at radius 1 is 1.06 bits per heavy atom. The monoisotopic (exact) mass is 488 g/mol. The lowest BCUT2D eigenvalue weighted by molar-refractivity contribution is 0.102. The topological polar surface area (TPSA) is 124 Å². The van der Waals surface area contributed by atoms with E-state index in [1.165, 1.54) is 16.4 Å². The Kier molecular flexibility index (Phi) is 8.24. The zero-order valence-electron chi connectivity index (χ0n) is 19.6. The number of amides is 1. The maximum absolute atomic E-state index is 13.2. The molecule has 0 aliphatic heterocycles. The summed E-state index contributed by atoms with van der Waals surface area (Å²) in [6, 6.07) is 11.2. The predicted octanol–water partition coefficient (Wildman–Crippen LogP) is 3.64. The first-order valence-corrected chi connectivity index (χ1v) is 12.3. The largest absolute Gasteiger partial charge is 0.492 e. The van der Waals surface area contributed by atoms with Gasteiger partial charge in [-0.1, -0.05) is 31.1 Å². The zero-order valence-corrected chi connectivity index (χ0v) is 20.4. The SMILES string of the molecule is CCOc1ccc(NC(=O)c2ccccc2OCc2noc(C)n2)cc1S(=O)(=O)N(CC)CC. The van der Waals surface area contributed by atoms with E-state index in [0.717, 1.165) is 0 Å². The predicted molar refractivity (Wildman–Crippen MR) is 125 cm³/mol. The van der Waals surface area contributed by atoms with Gasteiger partial charge in [0.1, 0.15) is 16.4 Å². The Balaban J connectivity index is 1.86. The van der Waals surface area contributed by atoms with E-state index in [-0.39, 0.29) is 22.8 Å². The third kappa shape index (κ3) is 5.72. The summed E-state index contributed by atoms with van der Waals surface area (Å²) in [6.45, 7) is 7.92. The summed E-state index contributed by atoms with van der Waals surface area (Å²) in [5.41, 5.74) is 0.576. The number of carbonyl (C=O) groups is 1. The molecule has 182 valence electrons. The van der Waals surface area contributed by atoms with Gasteiger partial charge in [-0.2, -0.15) is 9.29 Å². The normalized spacial score (nSPS) is 11.4. The molecule has 0 saturated carbocycles. The van der Waals surface area contributed by atoms with Gasteiger partial charge in [0.25, 0.3) is 5.91 Å². The van der Waals surface area contributed by atoms with Gasteiger partial charge < -0.3 is 19.3 Å². The first-order valence-electron chi connectivity index (χ1n) is 10.9. The molecule has 0 saturated heterocycles. The number of para-hydroxylation sites is 1. The van der Waals surface area contributed by atoms with Crippen LogP contribution in [0.3, 0.4) is 0 Å². The van der Waals surface area contributed by atoms with Gasteiger partial charge in [-0.05, 0) is 37.3 Å². The maximum atomic E-state index is 13.2. The lowest BCUT2D eigenvalue weighted by Crippen LogP contribution is -2.31. The van der Waals surface area contributed by atoms with Crippen molar-refractivity contribution >= 4 is 21.6 Å². The first kappa shape index (κ1) is 25.2. The molecule has 1 N–H and O–H groups in total. The number of aromatic nitrogens is 2. The molecule has 3 rings (SSSR count). The van der Waals surface area contributed by atoms with Crippen LogP contribution >= 0.6 is 0 Å². The summed E-state index contributed by atoms with van der Waals surface area (Å²) < 4.78 is 43.9. The van der Waals surface area contributed by atoms with E-state index in [2.05, 4.69) is 15.5 Å². The fourth-order valence-electron chi connectivity index (χ4n) is 3.29. The van der Waals surface area contributed by atoms with Crippen molar-refractivity contribution in [2.75, 3.05) is 25.0 Å². The number of ether oxygens (including phenoxy) is 2. The van der Waals surface area contributed by atoms with Crippen molar-refractivity contribution < 1.29 is 27.2 Å². The minimum atomic E-state index is -3.81. The molecule has 0 bridgehead atoms. The van der Waals surface area contributed by atoms with Crippen LogP contribution in [0, 0.1) is 6.92 Å². The lowest BCUT2D eigenvalue weighted by atomic mass is 10.2. The van der Waals surface area contributed by atoms with E-state index < -0.39 is 15.9 Å². The van der Waals surface area contributed by atoms with Crippen LogP contribution in [0.15, 0.2) is 51.9 Å². The molecule has 0 radical (unpaired) electrons. The summed E-state index contributed by atoms with van der Waals surface area (Å²) in [5, 5.41) is 6.52. The number of benzene rings is 2. The Morgan fingerprint density at radius 3 is 2.44 bits per heavy atom. The van der Waals surface area contributed by atoms with Crippen LogP contribution in [0.2, 0.25) is 0 Å². The molecular weight excluding hydrogens is 460 g/mol. The highest BCUT2D eigenvalue weighted by Crippen LogP contribution is 2.30. The molecule has 0 aliphatic rings. The summed E-state index contributed by atoms with van der Waals surface area (Å²) in [5.74, 6) is 0.854. The number of aryl methyl sites for hydroxylation is 1. The molecule has 3 aromatic rings. The van der Waals surface area contributed by atoms with E-state index >= 15 is 0 Å². The Morgan fingerprint density at radius 2 is 1.79 bits per heavy atom. The van der Waals surface area contributed by atoms with Gasteiger partial charge >= 0.3 is 0 Å². The molecule has 34 heavy (non-hydrogen) atoms. The van der Waals surface area contributed by atoms with Crippen LogP contribution < -0.4 is 14.8 Å². The highest BCUT2D eigenvalue weighted by Gasteiger charge is 2.26. The maximum Gasteiger partial charge on any atom is 0.259 e. The third-order valence-corrected chi connectivity index (χ3v) is 6.95. The van der Waals surface area contributed by atoms with Crippen LogP contribution in [-0.2, 0) is 16.6 Å². The third-order valence-electron chi connectivity index (χ3n) is 4.88. The first-order chi connectivity index (χ1) is 16.3. The fraction of sp³-hybridized carbons (Fsp3) is 0.348. The molecule has 2 aromatic carbocycles. The molecule has 0 unspecified atom stereocenters. The van der Waals surface area contributed by atoms with E-state index in [9.17, 15) is 13.2 Å². The number of sulfonamides is 1. The van der Waals surface area contributed by atoms with Crippen molar-refractivity contribution in [3.63, 3.8) is 0 Å². The second-order valence-corrected chi connectivity index (χ2v) is 9.06. The molecule has 0 atom stereocenters. The Hall–Kier alpha value is -3.44. The Labute approximate surface area is 198 Å². The van der Waals surface area contributed by atoms with Gasteiger partial charge in [-0.3, -0.25) is 4.79 Å². The average Bonchev–Trinajstić information content (AvgIpc) is 3.24. The number of hydrogen-bond donors (Lipinski definition) is 1. The number of rotatable bonds is 11. The van der Waals surface area contributed by atoms with Crippen LogP contribution in [-0.4, -0.2) is 48.5 Å². The highest BCUT2D eigenvalue weighted by atomic mass is 32.2. The number of hydrogen-bond acceptors (Lipinski definition) is 8. The van der Waals surface area contributed by atoms with E-state index in [1.807, 2.05) is 0 Å². The standard InChI is InChI=1S/C23H28N4O6S/c1-5-27(6-2)34(29,30)21-14-17(12-13-20(21)31-7-3)25-23(28)18-10-8-9-11-19(18)32-15-22-24-16(4)33-26-22/h8-14H,5-7,15H2,1-4H3,(H,25,28). The van der Waals surface area contributed by atoms with Gasteiger partial charge in [0.05, 0.1) is 12.2 Å². The van der Waals surface area contributed by atoms with E-state index in [4.69, 9.17) is 14.0 Å². The van der Waals surface area contributed by atoms with Gasteiger partial charge in [0, 0.05) is 25.7 Å². The molecule has 0 spiro atoms. The zero-order chi connectivity index (χ0) is 24.7. The second kappa shape index (κ2) is 11.1. The van der Waals surface area contributed by atoms with E-state index in [1.54, 1.807) is 58.0 Å². The fourth-order valence-corrected chi connectivity index (χ4v) is 4.90. The average molecular weight is 489 g/mol. The van der Waals surface area contributed by atoms with Crippen molar-refractivity contribution in [1.82, 2.24) is 14.4 Å². The molecule has 0 aliphatic carbocycles. The molecule has 0 fully saturated rings. The second-order valence-electron chi connectivity index (χ2n) is 7.15. The number of nitrogens with zero attached hydrogens (tertiary/aromatic N) is 3. The minimum absolute atomic E-state index is 0.00661. The molecule has 1 aromatic heterocycles. The highest BCUT2D eigenvalue weighted by molar-refractivity contribution is 7.89. The minimum Gasteiger partial charge on any atom is -0.492 e. The van der Waals surface area contributed by atoms with Gasteiger partial charge in [-0.15, -0.1) is 0 Å². The van der Waals surface area contributed by atoms with Crippen LogP contribution in [0.4, 0.5) is 5.69 Å². The molecular formula is C23H28N4O6S. The van der Waals surface area contributed by atoms with Crippen LogP contribution in [0.5, 0.6) is 11.5 Å². The van der Waals surface area contributed by atoms with Crippen LogP contribution in [0.1, 0.15) is 42.8 Å². The van der Waals surface area contributed by atoms with Gasteiger partial charge in [0.2, 0.25) is 21.7 Å². The summed E-state index contributed by atoms with van der Waals surface area (Å²) >= 11 is 0. The summed E-state index contributed by atoms with van der Waals surface area (Å²) in [6.07, 6.45) is 0. The summed E-state index contributed by atoms with van der Waals surface area (Å²) in [4.78, 5) is 17.1. The number of anilines is 1. The lowest BCUT2D eigenvalue weighted by Gasteiger charge is -2.21. The van der Waals surface area contributed by atoms with Crippen molar-refractivity contribution in [3.8, 4) is 11.5 Å². The quantitative estimate of drug-likeness (QED) is 0.434. The molecule has 1 amide bonds. The van der Waals surface area contributed by atoms with Gasteiger partial charge in [-0.25, -0.2) is 8.42 Å². The molecule has 11 heteroatoms. The molecule has 10 nitrogen and oxygen atoms in total. The number of nitrogens with one attached hydrogen (secondary N) is 1. The summed E-state index contributed by atoms with van der Waals surface area (Å²) in [7, 11) is -3.81. The van der Waals surface area contributed by atoms with Crippen molar-refractivity contribution in [1.29, 1.82) is 0 Å². The Bertz CT molecular complexity index is 1240. The van der Waals surface area contributed by atoms with Gasteiger partial charge in [0.15, 0.2) is 6.61 Å². The van der Waals surface area contributed by atoms with Crippen molar-refractivity contribution in [3.05, 3.63) is 59.7 Å². The smallest absolute Gasteiger partial charge is 0.259 e. The van der Waals surface area contributed by atoms with Crippen molar-refractivity contribution in [2.45, 2.75) is 39.2 Å². The number of carbonyl (C=O) groups excluding carboxylic acids is 1. The van der Waals surface area contributed by atoms with E-state index in [0.29, 0.717) is 42.8 Å². The molecule has 1 heterocycles. The van der Waals surface area contributed by atoms with Crippen LogP contribution in [0.25, 0.3) is 0 Å².